The van der Waals surface area contributed by atoms with Crippen LogP contribution in [0.4, 0.5) is 5.69 Å². The van der Waals surface area contributed by atoms with E-state index in [1.807, 2.05) is 6.07 Å². The standard InChI is InChI=1S/C29H29Cl2N3O4S/c1-37-29(36)27-20-8-7-18(11-24(20)39-33-27)34-12-16-9-19(10-17(16)13-34)38-14-21(28(35)15-5-6-15)26(32)25-22(30)3-2-4-23(25)31/h2-4,7-8,11,15-17,19H,5-6,9-10,12-14,32H2,1H3/t16-,17?,19?/m0/s1. The Balaban J connectivity index is 1.12. The van der Waals surface area contributed by atoms with Crippen molar-refractivity contribution in [3.63, 3.8) is 0 Å². The van der Waals surface area contributed by atoms with Crippen LogP contribution < -0.4 is 10.6 Å². The first-order chi connectivity index (χ1) is 18.8. The van der Waals surface area contributed by atoms with Crippen molar-refractivity contribution < 1.29 is 19.1 Å². The van der Waals surface area contributed by atoms with Gasteiger partial charge in [0.1, 0.15) is 0 Å². The van der Waals surface area contributed by atoms with Crippen molar-refractivity contribution >= 4 is 68.0 Å². The molecule has 6 rings (SSSR count). The van der Waals surface area contributed by atoms with Gasteiger partial charge >= 0.3 is 5.97 Å². The average molecular weight is 587 g/mol. The molecular formula is C29H29Cl2N3O4S. The Morgan fingerprint density at radius 1 is 1.10 bits per heavy atom. The van der Waals surface area contributed by atoms with Gasteiger partial charge in [0, 0.05) is 41.2 Å². The number of methoxy groups -OCH3 is 1. The van der Waals surface area contributed by atoms with Gasteiger partial charge in [0.05, 0.1) is 40.3 Å². The second-order valence-electron chi connectivity index (χ2n) is 10.7. The predicted octanol–water partition coefficient (Wildman–Crippen LogP) is 5.97. The summed E-state index contributed by atoms with van der Waals surface area (Å²) >= 11 is 14.1. The molecular weight excluding hydrogens is 557 g/mol. The molecule has 1 aromatic heterocycles. The van der Waals surface area contributed by atoms with Crippen molar-refractivity contribution in [3.8, 4) is 0 Å². The molecule has 0 spiro atoms. The van der Waals surface area contributed by atoms with Crippen molar-refractivity contribution in [2.24, 2.45) is 23.5 Å². The topological polar surface area (TPSA) is 94.7 Å². The average Bonchev–Trinajstić information content (AvgIpc) is 3.40. The summed E-state index contributed by atoms with van der Waals surface area (Å²) in [5.41, 5.74) is 9.32. The number of fused-ring (bicyclic) bond motifs is 2. The van der Waals surface area contributed by atoms with E-state index in [9.17, 15) is 9.59 Å². The summed E-state index contributed by atoms with van der Waals surface area (Å²) in [7, 11) is 1.37. The van der Waals surface area contributed by atoms with Crippen molar-refractivity contribution in [1.82, 2.24) is 4.37 Å². The van der Waals surface area contributed by atoms with Gasteiger partial charge in [-0.3, -0.25) is 4.79 Å². The number of carbonyl (C=O) groups is 2. The summed E-state index contributed by atoms with van der Waals surface area (Å²) in [5.74, 6) is 0.671. The van der Waals surface area contributed by atoms with Crippen LogP contribution in [0, 0.1) is 17.8 Å². The van der Waals surface area contributed by atoms with Gasteiger partial charge < -0.3 is 20.1 Å². The summed E-state index contributed by atoms with van der Waals surface area (Å²) in [5, 5.41) is 1.68. The van der Waals surface area contributed by atoms with Gasteiger partial charge in [-0.2, -0.15) is 4.37 Å². The monoisotopic (exact) mass is 585 g/mol. The van der Waals surface area contributed by atoms with Gasteiger partial charge in [-0.1, -0.05) is 29.3 Å². The molecule has 2 heterocycles. The first kappa shape index (κ1) is 26.6. The van der Waals surface area contributed by atoms with E-state index in [-0.39, 0.29) is 24.4 Å². The van der Waals surface area contributed by atoms with E-state index < -0.39 is 5.97 Å². The Labute approximate surface area is 241 Å². The fraction of sp³-hybridized carbons (Fsp3) is 0.414. The lowest BCUT2D eigenvalue weighted by atomic mass is 10.0. The number of ether oxygens (including phenoxy) is 2. The van der Waals surface area contributed by atoms with E-state index in [4.69, 9.17) is 38.4 Å². The number of hydrogen-bond donors (Lipinski definition) is 1. The van der Waals surface area contributed by atoms with Crippen LogP contribution in [-0.2, 0) is 14.3 Å². The zero-order valence-electron chi connectivity index (χ0n) is 21.5. The molecule has 2 unspecified atom stereocenters. The second kappa shape index (κ2) is 10.7. The van der Waals surface area contributed by atoms with Crippen LogP contribution >= 0.6 is 34.7 Å². The molecule has 2 saturated carbocycles. The van der Waals surface area contributed by atoms with E-state index in [2.05, 4.69) is 21.4 Å². The molecule has 0 amide bonds. The van der Waals surface area contributed by atoms with Gasteiger partial charge in [0.15, 0.2) is 11.5 Å². The molecule has 10 heteroatoms. The third-order valence-electron chi connectivity index (χ3n) is 8.17. The number of Topliss-reactive ketones (excluding diaryl/α,β-unsaturated/α-hetero) is 1. The highest BCUT2D eigenvalue weighted by Crippen LogP contribution is 2.43. The first-order valence-electron chi connectivity index (χ1n) is 13.2. The molecule has 39 heavy (non-hydrogen) atoms. The smallest absolute Gasteiger partial charge is 0.358 e. The van der Waals surface area contributed by atoms with Crippen molar-refractivity contribution in [2.75, 3.05) is 31.7 Å². The Hall–Kier alpha value is -2.65. The zero-order valence-corrected chi connectivity index (χ0v) is 23.8. The summed E-state index contributed by atoms with van der Waals surface area (Å²) in [6, 6.07) is 11.3. The predicted molar refractivity (Wildman–Crippen MR) is 154 cm³/mol. The number of aromatic nitrogens is 1. The SMILES string of the molecule is COC(=O)c1nsc2cc(N3CC4CC(OCC(C(=O)C5CC5)=C(N)c5c(Cl)cccc5Cl)C[C@H]4C3)ccc12. The van der Waals surface area contributed by atoms with E-state index in [1.54, 1.807) is 18.2 Å². The van der Waals surface area contributed by atoms with Gasteiger partial charge in [-0.15, -0.1) is 0 Å². The van der Waals surface area contributed by atoms with Crippen LogP contribution in [0.25, 0.3) is 15.8 Å². The fourth-order valence-electron chi connectivity index (χ4n) is 5.94. The molecule has 204 valence electrons. The number of hydrogen-bond acceptors (Lipinski definition) is 8. The molecule has 1 aliphatic heterocycles. The van der Waals surface area contributed by atoms with Crippen LogP contribution in [0.5, 0.6) is 0 Å². The Kier molecular flexibility index (Phi) is 7.31. The number of halogens is 2. The summed E-state index contributed by atoms with van der Waals surface area (Å²) in [6.45, 7) is 2.06. The van der Waals surface area contributed by atoms with Gasteiger partial charge in [0.2, 0.25) is 0 Å². The molecule has 0 bridgehead atoms. The van der Waals surface area contributed by atoms with E-state index in [0.29, 0.717) is 44.4 Å². The van der Waals surface area contributed by atoms with Gasteiger partial charge in [-0.05, 0) is 79.4 Å². The van der Waals surface area contributed by atoms with E-state index in [0.717, 1.165) is 54.5 Å². The molecule has 1 saturated heterocycles. The molecule has 3 fully saturated rings. The van der Waals surface area contributed by atoms with E-state index >= 15 is 0 Å². The largest absolute Gasteiger partial charge is 0.464 e. The maximum absolute atomic E-state index is 13.2. The quantitative estimate of drug-likeness (QED) is 0.257. The third kappa shape index (κ3) is 5.15. The molecule has 0 radical (unpaired) electrons. The van der Waals surface area contributed by atoms with Crippen LogP contribution in [0.1, 0.15) is 41.7 Å². The number of benzene rings is 2. The Bertz CT molecular complexity index is 1450. The summed E-state index contributed by atoms with van der Waals surface area (Å²) in [6.07, 6.45) is 3.71. The number of rotatable bonds is 8. The maximum atomic E-state index is 13.2. The van der Waals surface area contributed by atoms with Crippen molar-refractivity contribution in [2.45, 2.75) is 31.8 Å². The summed E-state index contributed by atoms with van der Waals surface area (Å²) < 4.78 is 16.4. The summed E-state index contributed by atoms with van der Waals surface area (Å²) in [4.78, 5) is 27.5. The van der Waals surface area contributed by atoms with Crippen LogP contribution in [0.15, 0.2) is 42.0 Å². The van der Waals surface area contributed by atoms with Crippen LogP contribution in [0.3, 0.4) is 0 Å². The lowest BCUT2D eigenvalue weighted by Gasteiger charge is -2.22. The highest BCUT2D eigenvalue weighted by atomic mass is 35.5. The van der Waals surface area contributed by atoms with Crippen molar-refractivity contribution in [3.05, 3.63) is 63.3 Å². The highest BCUT2D eigenvalue weighted by molar-refractivity contribution is 7.13. The maximum Gasteiger partial charge on any atom is 0.358 e. The minimum atomic E-state index is -0.413. The number of esters is 1. The van der Waals surface area contributed by atoms with Crippen molar-refractivity contribution in [1.29, 1.82) is 0 Å². The molecule has 7 nitrogen and oxygen atoms in total. The molecule has 3 aliphatic rings. The number of ketones is 1. The van der Waals surface area contributed by atoms with Gasteiger partial charge in [-0.25, -0.2) is 4.79 Å². The zero-order chi connectivity index (χ0) is 27.3. The number of anilines is 1. The number of nitrogens with zero attached hydrogens (tertiary/aromatic N) is 2. The molecule has 3 atom stereocenters. The number of carbonyl (C=O) groups excluding carboxylic acids is 2. The van der Waals surface area contributed by atoms with E-state index in [1.165, 1.54) is 18.6 Å². The fourth-order valence-corrected chi connectivity index (χ4v) is 7.34. The minimum absolute atomic E-state index is 0.0134. The van der Waals surface area contributed by atoms with Crippen LogP contribution in [-0.4, -0.2) is 49.0 Å². The lowest BCUT2D eigenvalue weighted by Crippen LogP contribution is -2.24. The third-order valence-corrected chi connectivity index (χ3v) is 9.61. The minimum Gasteiger partial charge on any atom is -0.464 e. The number of nitrogens with two attached hydrogens (primary N) is 1. The Morgan fingerprint density at radius 2 is 1.79 bits per heavy atom. The van der Waals surface area contributed by atoms with Gasteiger partial charge in [0.25, 0.3) is 0 Å². The first-order valence-corrected chi connectivity index (χ1v) is 14.7. The normalized spacial score (nSPS) is 23.2. The Morgan fingerprint density at radius 3 is 2.44 bits per heavy atom. The lowest BCUT2D eigenvalue weighted by molar-refractivity contribution is -0.117. The second-order valence-corrected chi connectivity index (χ2v) is 12.3. The van der Waals surface area contributed by atoms with Crippen LogP contribution in [0.2, 0.25) is 10.0 Å². The molecule has 2 N–H and O–H groups in total. The highest BCUT2D eigenvalue weighted by Gasteiger charge is 2.42. The molecule has 2 aliphatic carbocycles. The molecule has 3 aromatic rings. The molecule has 2 aromatic carbocycles.